The fourth-order valence-corrected chi connectivity index (χ4v) is 1.50. The molecule has 0 heterocycles. The quantitative estimate of drug-likeness (QED) is 0.489. The van der Waals surface area contributed by atoms with Gasteiger partial charge in [0.2, 0.25) is 0 Å². The molecule has 1 N–H and O–H groups in total. The predicted molar refractivity (Wildman–Crippen MR) is 65.8 cm³/mol. The van der Waals surface area contributed by atoms with Crippen LogP contribution in [0.1, 0.15) is 12.5 Å². The molecule has 1 aromatic rings. The van der Waals surface area contributed by atoms with E-state index in [1.54, 1.807) is 18.2 Å². The van der Waals surface area contributed by atoms with Gasteiger partial charge in [0.15, 0.2) is 17.3 Å². The van der Waals surface area contributed by atoms with Crippen molar-refractivity contribution in [1.29, 1.82) is 0 Å². The highest BCUT2D eigenvalue weighted by atomic mass is 16.5. The number of hydrogen-bond acceptors (Lipinski definition) is 4. The van der Waals surface area contributed by atoms with Crippen molar-refractivity contribution in [1.82, 2.24) is 0 Å². The van der Waals surface area contributed by atoms with Crippen molar-refractivity contribution < 1.29 is 24.2 Å². The zero-order valence-corrected chi connectivity index (χ0v) is 10.4. The van der Waals surface area contributed by atoms with Crippen LogP contribution >= 0.6 is 0 Å². The van der Waals surface area contributed by atoms with Gasteiger partial charge < -0.3 is 14.6 Å². The molecule has 0 aliphatic rings. The van der Waals surface area contributed by atoms with Crippen LogP contribution in [-0.4, -0.2) is 31.1 Å². The van der Waals surface area contributed by atoms with Crippen LogP contribution in [0.3, 0.4) is 0 Å². The van der Waals surface area contributed by atoms with E-state index in [2.05, 4.69) is 0 Å². The first kappa shape index (κ1) is 13.8. The van der Waals surface area contributed by atoms with E-state index in [1.165, 1.54) is 27.2 Å². The first-order valence-electron chi connectivity index (χ1n) is 5.18. The van der Waals surface area contributed by atoms with Gasteiger partial charge in [0.05, 0.1) is 14.2 Å². The van der Waals surface area contributed by atoms with Crippen LogP contribution in [0.5, 0.6) is 11.5 Å². The summed E-state index contributed by atoms with van der Waals surface area (Å²) < 4.78 is 10.2. The van der Waals surface area contributed by atoms with Gasteiger partial charge in [-0.25, -0.2) is 4.79 Å². The number of aliphatic carboxylic acids is 1. The van der Waals surface area contributed by atoms with Gasteiger partial charge in [0.25, 0.3) is 0 Å². The summed E-state index contributed by atoms with van der Waals surface area (Å²) in [4.78, 5) is 22.2. The van der Waals surface area contributed by atoms with Crippen molar-refractivity contribution in [2.45, 2.75) is 6.92 Å². The number of ether oxygens (including phenoxy) is 2. The molecule has 5 nitrogen and oxygen atoms in total. The molecule has 0 aliphatic heterocycles. The summed E-state index contributed by atoms with van der Waals surface area (Å²) in [5.41, 5.74) is 0.172. The minimum absolute atomic E-state index is 0.304. The van der Waals surface area contributed by atoms with Crippen LogP contribution in [0, 0.1) is 0 Å². The van der Waals surface area contributed by atoms with Crippen LogP contribution in [0.25, 0.3) is 6.08 Å². The third-order valence-electron chi connectivity index (χ3n) is 2.34. The van der Waals surface area contributed by atoms with Gasteiger partial charge in [-0.3, -0.25) is 4.79 Å². The number of hydrogen-bond donors (Lipinski definition) is 1. The van der Waals surface area contributed by atoms with E-state index >= 15 is 0 Å². The number of rotatable bonds is 5. The predicted octanol–water partition coefficient (Wildman–Crippen LogP) is 1.76. The van der Waals surface area contributed by atoms with Crippen molar-refractivity contribution in [3.63, 3.8) is 0 Å². The van der Waals surface area contributed by atoms with Gasteiger partial charge in [-0.15, -0.1) is 0 Å². The molecular formula is C13H14O5. The number of benzene rings is 1. The summed E-state index contributed by atoms with van der Waals surface area (Å²) in [6.45, 7) is 1.20. The number of carbonyl (C=O) groups excluding carboxylic acids is 1. The molecule has 0 amide bonds. The maximum Gasteiger partial charge on any atom is 0.339 e. The van der Waals surface area contributed by atoms with E-state index in [-0.39, 0.29) is 5.57 Å². The van der Waals surface area contributed by atoms with Crippen molar-refractivity contribution in [2.24, 2.45) is 0 Å². The molecule has 0 atom stereocenters. The molecule has 1 aromatic carbocycles. The molecule has 0 spiro atoms. The molecular weight excluding hydrogens is 236 g/mol. The number of carbonyl (C=O) groups is 2. The van der Waals surface area contributed by atoms with E-state index < -0.39 is 11.8 Å². The zero-order chi connectivity index (χ0) is 13.7. The standard InChI is InChI=1S/C13H14O5/c1-8(14)10(13(15)16)7-9-5-4-6-11(17-2)12(9)18-3/h4-7H,1-3H3,(H,15,16). The van der Waals surface area contributed by atoms with Crippen LogP contribution in [0.4, 0.5) is 0 Å². The highest BCUT2D eigenvalue weighted by molar-refractivity contribution is 6.19. The van der Waals surface area contributed by atoms with Crippen molar-refractivity contribution >= 4 is 17.8 Å². The summed E-state index contributed by atoms with van der Waals surface area (Å²) in [6.07, 6.45) is 1.27. The second-order valence-electron chi connectivity index (χ2n) is 3.50. The summed E-state index contributed by atoms with van der Waals surface area (Å²) in [5, 5.41) is 8.93. The molecule has 0 aromatic heterocycles. The number of para-hydroxylation sites is 1. The lowest BCUT2D eigenvalue weighted by molar-refractivity contribution is -0.134. The second-order valence-corrected chi connectivity index (χ2v) is 3.50. The second kappa shape index (κ2) is 5.86. The van der Waals surface area contributed by atoms with E-state index in [9.17, 15) is 9.59 Å². The minimum Gasteiger partial charge on any atom is -0.493 e. The van der Waals surface area contributed by atoms with Gasteiger partial charge in [0, 0.05) is 5.56 Å². The Kier molecular flexibility index (Phi) is 4.48. The molecule has 18 heavy (non-hydrogen) atoms. The third kappa shape index (κ3) is 2.88. The minimum atomic E-state index is -1.27. The highest BCUT2D eigenvalue weighted by Crippen LogP contribution is 2.32. The first-order valence-corrected chi connectivity index (χ1v) is 5.18. The van der Waals surface area contributed by atoms with Crippen LogP contribution in [-0.2, 0) is 9.59 Å². The third-order valence-corrected chi connectivity index (χ3v) is 2.34. The van der Waals surface area contributed by atoms with E-state index in [0.29, 0.717) is 17.1 Å². The summed E-state index contributed by atoms with van der Waals surface area (Å²) in [5.74, 6) is -0.931. The molecule has 1 rings (SSSR count). The number of Topliss-reactive ketones (excluding diaryl/α,β-unsaturated/α-hetero) is 1. The Morgan fingerprint density at radius 3 is 2.33 bits per heavy atom. The Labute approximate surface area is 105 Å². The van der Waals surface area contributed by atoms with Crippen LogP contribution in [0.2, 0.25) is 0 Å². The Morgan fingerprint density at radius 2 is 1.89 bits per heavy atom. The van der Waals surface area contributed by atoms with E-state index in [4.69, 9.17) is 14.6 Å². The van der Waals surface area contributed by atoms with Crippen molar-refractivity contribution in [3.05, 3.63) is 29.3 Å². The van der Waals surface area contributed by atoms with Crippen molar-refractivity contribution in [2.75, 3.05) is 14.2 Å². The fraction of sp³-hybridized carbons (Fsp3) is 0.231. The normalized spacial score (nSPS) is 10.9. The molecule has 96 valence electrons. The largest absolute Gasteiger partial charge is 0.493 e. The summed E-state index contributed by atoms with van der Waals surface area (Å²) in [6, 6.07) is 5.02. The SMILES string of the molecule is COc1cccc(C=C(C(C)=O)C(=O)O)c1OC. The molecule has 0 radical (unpaired) electrons. The van der Waals surface area contributed by atoms with Gasteiger partial charge in [-0.1, -0.05) is 12.1 Å². The molecule has 0 fully saturated rings. The number of carboxylic acid groups (broad SMARTS) is 1. The van der Waals surface area contributed by atoms with Gasteiger partial charge in [0.1, 0.15) is 5.57 Å². The molecule has 0 unspecified atom stereocenters. The first-order chi connectivity index (χ1) is 8.51. The van der Waals surface area contributed by atoms with Gasteiger partial charge in [-0.2, -0.15) is 0 Å². The maximum atomic E-state index is 11.2. The zero-order valence-electron chi connectivity index (χ0n) is 10.4. The smallest absolute Gasteiger partial charge is 0.339 e. The lowest BCUT2D eigenvalue weighted by Gasteiger charge is -2.10. The number of ketones is 1. The fourth-order valence-electron chi connectivity index (χ4n) is 1.50. The summed E-state index contributed by atoms with van der Waals surface area (Å²) >= 11 is 0. The van der Waals surface area contributed by atoms with Crippen molar-refractivity contribution in [3.8, 4) is 11.5 Å². The molecule has 0 saturated carbocycles. The lowest BCUT2D eigenvalue weighted by atomic mass is 10.1. The molecule has 5 heteroatoms. The average Bonchev–Trinajstić information content (AvgIpc) is 2.34. The number of carboxylic acids is 1. The number of methoxy groups -OCH3 is 2. The molecule has 0 saturated heterocycles. The molecule has 0 bridgehead atoms. The topological polar surface area (TPSA) is 72.8 Å². The average molecular weight is 250 g/mol. The highest BCUT2D eigenvalue weighted by Gasteiger charge is 2.15. The van der Waals surface area contributed by atoms with Crippen LogP contribution < -0.4 is 9.47 Å². The maximum absolute atomic E-state index is 11.2. The van der Waals surface area contributed by atoms with Crippen LogP contribution in [0.15, 0.2) is 23.8 Å². The Bertz CT molecular complexity index is 486. The van der Waals surface area contributed by atoms with E-state index in [0.717, 1.165) is 0 Å². The van der Waals surface area contributed by atoms with Gasteiger partial charge >= 0.3 is 5.97 Å². The Morgan fingerprint density at radius 1 is 1.22 bits per heavy atom. The van der Waals surface area contributed by atoms with Gasteiger partial charge in [-0.05, 0) is 19.1 Å². The lowest BCUT2D eigenvalue weighted by Crippen LogP contribution is -2.08. The Hall–Kier alpha value is -2.30. The monoisotopic (exact) mass is 250 g/mol. The molecule has 0 aliphatic carbocycles. The van der Waals surface area contributed by atoms with E-state index in [1.807, 2.05) is 0 Å². The Balaban J connectivity index is 3.37. The summed E-state index contributed by atoms with van der Waals surface area (Å²) in [7, 11) is 2.93.